The van der Waals surface area contributed by atoms with E-state index >= 15 is 0 Å². The highest BCUT2D eigenvalue weighted by Crippen LogP contribution is 2.20. The summed E-state index contributed by atoms with van der Waals surface area (Å²) in [5.74, 6) is -0.00926. The zero-order chi connectivity index (χ0) is 10.6. The lowest BCUT2D eigenvalue weighted by molar-refractivity contribution is 0.0892. The Labute approximate surface area is 83.6 Å². The van der Waals surface area contributed by atoms with Crippen LogP contribution in [0.1, 0.15) is 12.5 Å². The maximum atomic E-state index is 13.4. The zero-order valence-electron chi connectivity index (χ0n) is 8.71. The largest absolute Gasteiger partial charge is 0.485 e. The van der Waals surface area contributed by atoms with Crippen LogP contribution in [0.3, 0.4) is 0 Å². The van der Waals surface area contributed by atoms with Crippen molar-refractivity contribution in [2.45, 2.75) is 20.0 Å². The first-order valence-corrected chi connectivity index (χ1v) is 4.56. The van der Waals surface area contributed by atoms with Crippen LogP contribution in [0.15, 0.2) is 18.2 Å². The third-order valence-corrected chi connectivity index (χ3v) is 1.89. The van der Waals surface area contributed by atoms with Crippen LogP contribution in [0.2, 0.25) is 0 Å². The van der Waals surface area contributed by atoms with Crippen molar-refractivity contribution in [3.05, 3.63) is 29.6 Å². The molecule has 0 aliphatic heterocycles. The van der Waals surface area contributed by atoms with Crippen LogP contribution in [0, 0.1) is 12.7 Å². The molecule has 1 atom stereocenters. The van der Waals surface area contributed by atoms with Gasteiger partial charge in [-0.15, -0.1) is 0 Å². The van der Waals surface area contributed by atoms with Crippen molar-refractivity contribution in [3.63, 3.8) is 0 Å². The quantitative estimate of drug-likeness (QED) is 0.740. The Balaban J connectivity index is 2.71. The van der Waals surface area contributed by atoms with Gasteiger partial charge in [0.1, 0.15) is 6.10 Å². The van der Waals surface area contributed by atoms with E-state index in [-0.39, 0.29) is 17.7 Å². The van der Waals surface area contributed by atoms with Gasteiger partial charge in [0.05, 0.1) is 6.61 Å². The molecular formula is C11H15FO2. The lowest BCUT2D eigenvalue weighted by atomic mass is 10.2. The molecule has 0 aromatic heterocycles. The van der Waals surface area contributed by atoms with E-state index in [2.05, 4.69) is 0 Å². The zero-order valence-corrected chi connectivity index (χ0v) is 8.71. The molecule has 0 heterocycles. The van der Waals surface area contributed by atoms with Gasteiger partial charge in [0.25, 0.3) is 0 Å². The van der Waals surface area contributed by atoms with Crippen LogP contribution in [0.4, 0.5) is 4.39 Å². The number of ether oxygens (including phenoxy) is 2. The highest BCUT2D eigenvalue weighted by Gasteiger charge is 2.09. The fraction of sp³-hybridized carbons (Fsp3) is 0.455. The molecule has 3 heteroatoms. The Hall–Kier alpha value is -1.09. The van der Waals surface area contributed by atoms with Crippen LogP contribution in [-0.4, -0.2) is 19.8 Å². The first-order chi connectivity index (χ1) is 6.65. The number of rotatable bonds is 4. The summed E-state index contributed by atoms with van der Waals surface area (Å²) in [6, 6.07) is 5.10. The van der Waals surface area contributed by atoms with E-state index in [0.29, 0.717) is 12.2 Å². The monoisotopic (exact) mass is 198 g/mol. The number of benzene rings is 1. The second-order valence-electron chi connectivity index (χ2n) is 3.27. The van der Waals surface area contributed by atoms with E-state index in [1.807, 2.05) is 6.92 Å². The summed E-state index contributed by atoms with van der Waals surface area (Å²) in [7, 11) is 1.59. The highest BCUT2D eigenvalue weighted by molar-refractivity contribution is 5.30. The first kappa shape index (κ1) is 11.0. The first-order valence-electron chi connectivity index (χ1n) is 4.56. The molecule has 14 heavy (non-hydrogen) atoms. The van der Waals surface area contributed by atoms with Gasteiger partial charge in [-0.2, -0.15) is 0 Å². The van der Waals surface area contributed by atoms with Crippen LogP contribution in [0.5, 0.6) is 5.75 Å². The lowest BCUT2D eigenvalue weighted by Gasteiger charge is -2.14. The SMILES string of the molecule is COCC(C)Oc1cccc(C)c1F. The van der Waals surface area contributed by atoms with E-state index in [1.165, 1.54) is 0 Å². The molecule has 0 aliphatic rings. The maximum absolute atomic E-state index is 13.4. The summed E-state index contributed by atoms with van der Waals surface area (Å²) >= 11 is 0. The number of methoxy groups -OCH3 is 1. The van der Waals surface area contributed by atoms with Crippen LogP contribution in [0.25, 0.3) is 0 Å². The van der Waals surface area contributed by atoms with Gasteiger partial charge < -0.3 is 9.47 Å². The molecule has 1 aromatic carbocycles. The summed E-state index contributed by atoms with van der Waals surface area (Å²) in [5, 5.41) is 0. The Kier molecular flexibility index (Phi) is 3.89. The van der Waals surface area contributed by atoms with E-state index in [1.54, 1.807) is 32.2 Å². The normalized spacial score (nSPS) is 12.6. The summed E-state index contributed by atoms with van der Waals surface area (Å²) in [6.45, 7) is 4.00. The molecule has 1 rings (SSSR count). The van der Waals surface area contributed by atoms with Crippen molar-refractivity contribution in [3.8, 4) is 5.75 Å². The second kappa shape index (κ2) is 4.96. The van der Waals surface area contributed by atoms with Crippen LogP contribution < -0.4 is 4.74 Å². The summed E-state index contributed by atoms with van der Waals surface area (Å²) in [4.78, 5) is 0. The molecule has 0 radical (unpaired) electrons. The van der Waals surface area contributed by atoms with Gasteiger partial charge in [-0.3, -0.25) is 0 Å². The molecule has 0 saturated carbocycles. The minimum absolute atomic E-state index is 0.142. The summed E-state index contributed by atoms with van der Waals surface area (Å²) in [6.07, 6.45) is -0.142. The minimum Gasteiger partial charge on any atom is -0.485 e. The van der Waals surface area contributed by atoms with Gasteiger partial charge in [-0.25, -0.2) is 4.39 Å². The minimum atomic E-state index is -0.296. The Bertz CT molecular complexity index is 299. The molecule has 78 valence electrons. The Morgan fingerprint density at radius 2 is 2.14 bits per heavy atom. The van der Waals surface area contributed by atoms with Gasteiger partial charge >= 0.3 is 0 Å². The number of aryl methyl sites for hydroxylation is 1. The molecule has 1 unspecified atom stereocenters. The topological polar surface area (TPSA) is 18.5 Å². The molecule has 0 amide bonds. The third-order valence-electron chi connectivity index (χ3n) is 1.89. The van der Waals surface area contributed by atoms with Crippen molar-refractivity contribution in [1.29, 1.82) is 0 Å². The van der Waals surface area contributed by atoms with Crippen LogP contribution >= 0.6 is 0 Å². The summed E-state index contributed by atoms with van der Waals surface area (Å²) < 4.78 is 23.7. The van der Waals surface area contributed by atoms with Crippen molar-refractivity contribution < 1.29 is 13.9 Å². The Morgan fingerprint density at radius 1 is 1.43 bits per heavy atom. The van der Waals surface area contributed by atoms with Crippen LogP contribution in [-0.2, 0) is 4.74 Å². The van der Waals surface area contributed by atoms with Gasteiger partial charge in [-0.05, 0) is 25.5 Å². The highest BCUT2D eigenvalue weighted by atomic mass is 19.1. The number of hydrogen-bond acceptors (Lipinski definition) is 2. The molecule has 0 spiro atoms. The smallest absolute Gasteiger partial charge is 0.167 e. The van der Waals surface area contributed by atoms with Crippen molar-refractivity contribution in [2.75, 3.05) is 13.7 Å². The fourth-order valence-corrected chi connectivity index (χ4v) is 1.20. The molecule has 1 aromatic rings. The summed E-state index contributed by atoms with van der Waals surface area (Å²) in [5.41, 5.74) is 0.590. The van der Waals surface area contributed by atoms with E-state index in [0.717, 1.165) is 0 Å². The molecule has 0 saturated heterocycles. The number of halogens is 1. The van der Waals surface area contributed by atoms with Crippen molar-refractivity contribution >= 4 is 0 Å². The second-order valence-corrected chi connectivity index (χ2v) is 3.27. The molecule has 0 bridgehead atoms. The number of hydrogen-bond donors (Lipinski definition) is 0. The molecule has 0 N–H and O–H groups in total. The standard InChI is InChI=1S/C11H15FO2/c1-8-5-4-6-10(11(8)12)14-9(2)7-13-3/h4-6,9H,7H2,1-3H3. The Morgan fingerprint density at radius 3 is 2.79 bits per heavy atom. The third kappa shape index (κ3) is 2.70. The average Bonchev–Trinajstić information content (AvgIpc) is 2.13. The molecule has 0 fully saturated rings. The fourth-order valence-electron chi connectivity index (χ4n) is 1.20. The van der Waals surface area contributed by atoms with E-state index in [4.69, 9.17) is 9.47 Å². The van der Waals surface area contributed by atoms with Gasteiger partial charge in [0.2, 0.25) is 0 Å². The van der Waals surface area contributed by atoms with E-state index < -0.39 is 0 Å². The predicted octanol–water partition coefficient (Wildman–Crippen LogP) is 2.55. The average molecular weight is 198 g/mol. The molecular weight excluding hydrogens is 183 g/mol. The predicted molar refractivity (Wildman–Crippen MR) is 53.1 cm³/mol. The van der Waals surface area contributed by atoms with Gasteiger partial charge in [0.15, 0.2) is 11.6 Å². The van der Waals surface area contributed by atoms with E-state index in [9.17, 15) is 4.39 Å². The van der Waals surface area contributed by atoms with Gasteiger partial charge in [-0.1, -0.05) is 12.1 Å². The molecule has 2 nitrogen and oxygen atoms in total. The van der Waals surface area contributed by atoms with Crippen molar-refractivity contribution in [2.24, 2.45) is 0 Å². The lowest BCUT2D eigenvalue weighted by Crippen LogP contribution is -2.18. The molecule has 0 aliphatic carbocycles. The van der Waals surface area contributed by atoms with Crippen molar-refractivity contribution in [1.82, 2.24) is 0 Å². The van der Waals surface area contributed by atoms with Gasteiger partial charge in [0, 0.05) is 7.11 Å². The maximum Gasteiger partial charge on any atom is 0.167 e.